The molecule has 1 aliphatic carbocycles. The van der Waals surface area contributed by atoms with Crippen molar-refractivity contribution in [2.75, 3.05) is 19.6 Å². The van der Waals surface area contributed by atoms with E-state index < -0.39 is 0 Å². The normalized spacial score (nSPS) is 38.4. The number of rotatable bonds is 3. The molecule has 0 unspecified atom stereocenters. The second-order valence-corrected chi connectivity index (χ2v) is 5.56. The van der Waals surface area contributed by atoms with Crippen LogP contribution >= 0.6 is 0 Å². The molecule has 15 heavy (non-hydrogen) atoms. The molecular weight excluding hydrogens is 186 g/mol. The lowest BCUT2D eigenvalue weighted by molar-refractivity contribution is -0.0326. The van der Waals surface area contributed by atoms with Crippen LogP contribution in [0.5, 0.6) is 0 Å². The molecule has 0 radical (unpaired) electrons. The average Bonchev–Trinajstić information content (AvgIpc) is 2.71. The van der Waals surface area contributed by atoms with Crippen molar-refractivity contribution in [3.63, 3.8) is 0 Å². The Kier molecular flexibility index (Phi) is 3.68. The lowest BCUT2D eigenvalue weighted by Gasteiger charge is -2.38. The fourth-order valence-electron chi connectivity index (χ4n) is 3.14. The van der Waals surface area contributed by atoms with Crippen molar-refractivity contribution in [1.29, 1.82) is 0 Å². The van der Waals surface area contributed by atoms with Crippen molar-refractivity contribution < 1.29 is 5.11 Å². The van der Waals surface area contributed by atoms with Crippen molar-refractivity contribution in [3.8, 4) is 0 Å². The Hall–Kier alpha value is -0.0800. The summed E-state index contributed by atoms with van der Waals surface area (Å²) < 4.78 is 0. The molecule has 2 heteroatoms. The van der Waals surface area contributed by atoms with E-state index >= 15 is 0 Å². The van der Waals surface area contributed by atoms with Crippen LogP contribution in [0.2, 0.25) is 0 Å². The molecule has 1 N–H and O–H groups in total. The van der Waals surface area contributed by atoms with Crippen molar-refractivity contribution in [2.24, 2.45) is 5.92 Å². The molecule has 0 aromatic rings. The Morgan fingerprint density at radius 3 is 2.33 bits per heavy atom. The van der Waals surface area contributed by atoms with Crippen molar-refractivity contribution in [2.45, 2.75) is 57.5 Å². The Bertz CT molecular complexity index is 191. The highest BCUT2D eigenvalue weighted by atomic mass is 16.3. The van der Waals surface area contributed by atoms with Gasteiger partial charge in [0, 0.05) is 6.54 Å². The van der Waals surface area contributed by atoms with Gasteiger partial charge in [-0.3, -0.25) is 0 Å². The summed E-state index contributed by atoms with van der Waals surface area (Å²) in [7, 11) is 0. The van der Waals surface area contributed by atoms with Crippen LogP contribution in [-0.4, -0.2) is 35.2 Å². The molecule has 1 aliphatic heterocycles. The Balaban J connectivity index is 1.80. The van der Waals surface area contributed by atoms with Crippen LogP contribution in [0.1, 0.15) is 51.9 Å². The standard InChI is InChI=1S/C13H25NO/c1-2-12-5-7-13(15,8-6-12)11-14-9-3-4-10-14/h12,15H,2-11H2,1H3. The third-order valence-electron chi connectivity index (χ3n) is 4.33. The summed E-state index contributed by atoms with van der Waals surface area (Å²) >= 11 is 0. The van der Waals surface area contributed by atoms with Crippen molar-refractivity contribution >= 4 is 0 Å². The smallest absolute Gasteiger partial charge is 0.0774 e. The van der Waals surface area contributed by atoms with Crippen LogP contribution in [0.25, 0.3) is 0 Å². The maximum Gasteiger partial charge on any atom is 0.0774 e. The van der Waals surface area contributed by atoms with E-state index in [-0.39, 0.29) is 5.60 Å². The van der Waals surface area contributed by atoms with Gasteiger partial charge in [0.05, 0.1) is 5.60 Å². The minimum atomic E-state index is -0.351. The van der Waals surface area contributed by atoms with Crippen LogP contribution < -0.4 is 0 Å². The molecule has 0 bridgehead atoms. The zero-order chi connectivity index (χ0) is 10.7. The number of hydrogen-bond acceptors (Lipinski definition) is 2. The Labute approximate surface area is 93.7 Å². The SMILES string of the molecule is CCC1CCC(O)(CN2CCCC2)CC1. The summed E-state index contributed by atoms with van der Waals surface area (Å²) in [5.41, 5.74) is -0.351. The Morgan fingerprint density at radius 1 is 1.20 bits per heavy atom. The highest BCUT2D eigenvalue weighted by Crippen LogP contribution is 2.34. The highest BCUT2D eigenvalue weighted by Gasteiger charge is 2.34. The van der Waals surface area contributed by atoms with Gasteiger partial charge in [-0.15, -0.1) is 0 Å². The third kappa shape index (κ3) is 2.94. The first-order valence-electron chi connectivity index (χ1n) is 6.66. The molecule has 1 saturated heterocycles. The van der Waals surface area contributed by atoms with E-state index in [0.717, 1.165) is 25.3 Å². The third-order valence-corrected chi connectivity index (χ3v) is 4.33. The van der Waals surface area contributed by atoms with Gasteiger partial charge in [-0.2, -0.15) is 0 Å². The highest BCUT2D eigenvalue weighted by molar-refractivity contribution is 4.88. The zero-order valence-electron chi connectivity index (χ0n) is 10.0. The predicted molar refractivity (Wildman–Crippen MR) is 62.9 cm³/mol. The van der Waals surface area contributed by atoms with Crippen LogP contribution in [0.3, 0.4) is 0 Å². The predicted octanol–water partition coefficient (Wildman–Crippen LogP) is 2.41. The number of likely N-dealkylation sites (tertiary alicyclic amines) is 1. The summed E-state index contributed by atoms with van der Waals surface area (Å²) in [5.74, 6) is 0.879. The largest absolute Gasteiger partial charge is 0.389 e. The minimum absolute atomic E-state index is 0.351. The van der Waals surface area contributed by atoms with Crippen LogP contribution in [0, 0.1) is 5.92 Å². The number of aliphatic hydroxyl groups is 1. The van der Waals surface area contributed by atoms with E-state index in [0.29, 0.717) is 0 Å². The maximum atomic E-state index is 10.5. The zero-order valence-corrected chi connectivity index (χ0v) is 10.0. The van der Waals surface area contributed by atoms with Crippen molar-refractivity contribution in [3.05, 3.63) is 0 Å². The molecule has 0 amide bonds. The van der Waals surface area contributed by atoms with Gasteiger partial charge in [0.2, 0.25) is 0 Å². The number of hydrogen-bond donors (Lipinski definition) is 1. The monoisotopic (exact) mass is 211 g/mol. The fourth-order valence-corrected chi connectivity index (χ4v) is 3.14. The topological polar surface area (TPSA) is 23.5 Å². The van der Waals surface area contributed by atoms with Gasteiger partial charge in [-0.25, -0.2) is 0 Å². The first kappa shape index (κ1) is 11.4. The second-order valence-electron chi connectivity index (χ2n) is 5.56. The number of nitrogens with zero attached hydrogens (tertiary/aromatic N) is 1. The van der Waals surface area contributed by atoms with Gasteiger partial charge in [0.1, 0.15) is 0 Å². The van der Waals surface area contributed by atoms with Crippen LogP contribution in [0.4, 0.5) is 0 Å². The van der Waals surface area contributed by atoms with Gasteiger partial charge < -0.3 is 10.0 Å². The molecule has 1 heterocycles. The molecule has 2 nitrogen and oxygen atoms in total. The average molecular weight is 211 g/mol. The van der Waals surface area contributed by atoms with E-state index in [4.69, 9.17) is 0 Å². The van der Waals surface area contributed by atoms with Gasteiger partial charge in [0.15, 0.2) is 0 Å². The van der Waals surface area contributed by atoms with Crippen LogP contribution in [0.15, 0.2) is 0 Å². The van der Waals surface area contributed by atoms with Crippen molar-refractivity contribution in [1.82, 2.24) is 4.90 Å². The van der Waals surface area contributed by atoms with Gasteiger partial charge >= 0.3 is 0 Å². The molecule has 0 aromatic heterocycles. The molecular formula is C13H25NO. The summed E-state index contributed by atoms with van der Waals surface area (Å²) in [6, 6.07) is 0. The molecule has 2 aliphatic rings. The lowest BCUT2D eigenvalue weighted by Crippen LogP contribution is -2.44. The van der Waals surface area contributed by atoms with Gasteiger partial charge in [-0.05, 0) is 57.5 Å². The lowest BCUT2D eigenvalue weighted by atomic mass is 9.77. The summed E-state index contributed by atoms with van der Waals surface area (Å²) in [6.45, 7) is 5.62. The van der Waals surface area contributed by atoms with E-state index in [1.165, 1.54) is 45.2 Å². The van der Waals surface area contributed by atoms with E-state index in [1.54, 1.807) is 0 Å². The van der Waals surface area contributed by atoms with E-state index in [1.807, 2.05) is 0 Å². The second kappa shape index (κ2) is 4.84. The summed E-state index contributed by atoms with van der Waals surface area (Å²) in [4.78, 5) is 2.45. The molecule has 0 spiro atoms. The van der Waals surface area contributed by atoms with Crippen LogP contribution in [-0.2, 0) is 0 Å². The fraction of sp³-hybridized carbons (Fsp3) is 1.00. The molecule has 2 fully saturated rings. The van der Waals surface area contributed by atoms with Gasteiger partial charge in [-0.1, -0.05) is 13.3 Å². The molecule has 0 atom stereocenters. The van der Waals surface area contributed by atoms with E-state index in [9.17, 15) is 5.11 Å². The van der Waals surface area contributed by atoms with E-state index in [2.05, 4.69) is 11.8 Å². The molecule has 1 saturated carbocycles. The number of β-amino-alcohol motifs (C(OH)–C–C–N with tert-alkyl or cyclic N) is 1. The maximum absolute atomic E-state index is 10.5. The summed E-state index contributed by atoms with van der Waals surface area (Å²) in [5, 5.41) is 10.5. The summed E-state index contributed by atoms with van der Waals surface area (Å²) in [6.07, 6.45) is 8.48. The Morgan fingerprint density at radius 2 is 1.80 bits per heavy atom. The quantitative estimate of drug-likeness (QED) is 0.775. The molecule has 2 rings (SSSR count). The first-order valence-corrected chi connectivity index (χ1v) is 6.66. The van der Waals surface area contributed by atoms with Gasteiger partial charge in [0.25, 0.3) is 0 Å². The minimum Gasteiger partial charge on any atom is -0.389 e. The molecule has 88 valence electrons. The first-order chi connectivity index (χ1) is 7.22. The molecule has 0 aromatic carbocycles.